The van der Waals surface area contributed by atoms with Crippen molar-refractivity contribution in [3.63, 3.8) is 0 Å². The minimum atomic E-state index is -1.08. The molecule has 2 heterocycles. The second-order valence-corrected chi connectivity index (χ2v) is 4.93. The summed E-state index contributed by atoms with van der Waals surface area (Å²) in [5.74, 6) is 0.719. The van der Waals surface area contributed by atoms with Crippen LogP contribution < -0.4 is 15.4 Å². The van der Waals surface area contributed by atoms with Crippen LogP contribution in [0.3, 0.4) is 0 Å². The van der Waals surface area contributed by atoms with Crippen LogP contribution in [0.25, 0.3) is 5.65 Å². The van der Waals surface area contributed by atoms with E-state index in [9.17, 15) is 9.90 Å². The lowest BCUT2D eigenvalue weighted by Crippen LogP contribution is -2.06. The molecule has 1 aromatic carbocycles. The summed E-state index contributed by atoms with van der Waals surface area (Å²) >= 11 is 0. The van der Waals surface area contributed by atoms with Crippen molar-refractivity contribution in [2.24, 2.45) is 0 Å². The SMILES string of the molecule is CCOc1ccccc1Nc1cc(NC)n2ncc(C(=O)O)c2n1. The number of anilines is 3. The van der Waals surface area contributed by atoms with Crippen molar-refractivity contribution in [2.75, 3.05) is 24.3 Å². The Morgan fingerprint density at radius 3 is 2.88 bits per heavy atom. The summed E-state index contributed by atoms with van der Waals surface area (Å²) in [4.78, 5) is 15.7. The van der Waals surface area contributed by atoms with Gasteiger partial charge in [0.25, 0.3) is 0 Å². The van der Waals surface area contributed by atoms with Gasteiger partial charge in [-0.1, -0.05) is 12.1 Å². The Kier molecular flexibility index (Phi) is 4.19. The van der Waals surface area contributed by atoms with Gasteiger partial charge in [-0.3, -0.25) is 0 Å². The topological polar surface area (TPSA) is 101 Å². The van der Waals surface area contributed by atoms with Gasteiger partial charge in [0, 0.05) is 13.1 Å². The molecule has 2 aromatic heterocycles. The number of nitrogens with one attached hydrogen (secondary N) is 2. The maximum Gasteiger partial charge on any atom is 0.341 e. The lowest BCUT2D eigenvalue weighted by atomic mass is 10.3. The van der Waals surface area contributed by atoms with E-state index in [1.54, 1.807) is 13.1 Å². The van der Waals surface area contributed by atoms with Crippen LogP contribution in [0.15, 0.2) is 36.5 Å². The first-order chi connectivity index (χ1) is 11.6. The van der Waals surface area contributed by atoms with Crippen molar-refractivity contribution in [3.8, 4) is 5.75 Å². The molecular weight excluding hydrogens is 310 g/mol. The van der Waals surface area contributed by atoms with E-state index in [0.29, 0.717) is 24.0 Å². The normalized spacial score (nSPS) is 10.6. The summed E-state index contributed by atoms with van der Waals surface area (Å²) in [6.07, 6.45) is 1.28. The van der Waals surface area contributed by atoms with Crippen molar-refractivity contribution in [3.05, 3.63) is 42.1 Å². The Morgan fingerprint density at radius 2 is 2.17 bits per heavy atom. The van der Waals surface area contributed by atoms with Crippen molar-refractivity contribution in [2.45, 2.75) is 6.92 Å². The minimum Gasteiger partial charge on any atom is -0.492 e. The number of fused-ring (bicyclic) bond motifs is 1. The van der Waals surface area contributed by atoms with Gasteiger partial charge in [-0.05, 0) is 19.1 Å². The third-order valence-electron chi connectivity index (χ3n) is 3.41. The summed E-state index contributed by atoms with van der Waals surface area (Å²) in [6.45, 7) is 2.45. The van der Waals surface area contributed by atoms with E-state index in [4.69, 9.17) is 4.74 Å². The molecule has 0 saturated carbocycles. The van der Waals surface area contributed by atoms with Gasteiger partial charge in [0.2, 0.25) is 0 Å². The first-order valence-electron chi connectivity index (χ1n) is 7.42. The zero-order valence-corrected chi connectivity index (χ0v) is 13.3. The summed E-state index contributed by atoms with van der Waals surface area (Å²) in [6, 6.07) is 9.22. The molecule has 24 heavy (non-hydrogen) atoms. The molecule has 0 aliphatic carbocycles. The first kappa shape index (κ1) is 15.6. The van der Waals surface area contributed by atoms with E-state index in [2.05, 4.69) is 20.7 Å². The van der Waals surface area contributed by atoms with Gasteiger partial charge in [-0.2, -0.15) is 9.61 Å². The quantitative estimate of drug-likeness (QED) is 0.639. The van der Waals surface area contributed by atoms with E-state index >= 15 is 0 Å². The smallest absolute Gasteiger partial charge is 0.341 e. The molecule has 3 N–H and O–H groups in total. The molecule has 3 aromatic rings. The number of nitrogens with zero attached hydrogens (tertiary/aromatic N) is 3. The van der Waals surface area contributed by atoms with Crippen LogP contribution in [-0.4, -0.2) is 39.3 Å². The molecule has 0 aliphatic heterocycles. The molecule has 3 rings (SSSR count). The van der Waals surface area contributed by atoms with Crippen LogP contribution in [-0.2, 0) is 0 Å². The number of ether oxygens (including phenoxy) is 1. The van der Waals surface area contributed by atoms with Crippen molar-refractivity contribution in [1.82, 2.24) is 14.6 Å². The molecule has 8 heteroatoms. The molecular formula is C16H17N5O3. The Hall–Kier alpha value is -3.29. The lowest BCUT2D eigenvalue weighted by molar-refractivity contribution is 0.0699. The van der Waals surface area contributed by atoms with E-state index in [1.807, 2.05) is 31.2 Å². The fourth-order valence-corrected chi connectivity index (χ4v) is 2.35. The number of benzene rings is 1. The fraction of sp³-hybridized carbons (Fsp3) is 0.188. The number of carboxylic acid groups (broad SMARTS) is 1. The summed E-state index contributed by atoms with van der Waals surface area (Å²) in [7, 11) is 1.73. The van der Waals surface area contributed by atoms with Crippen molar-refractivity contribution in [1.29, 1.82) is 0 Å². The summed E-state index contributed by atoms with van der Waals surface area (Å²) < 4.78 is 7.03. The van der Waals surface area contributed by atoms with E-state index in [0.717, 1.165) is 5.69 Å². The highest BCUT2D eigenvalue weighted by atomic mass is 16.5. The van der Waals surface area contributed by atoms with Gasteiger partial charge in [0.05, 0.1) is 18.5 Å². The van der Waals surface area contributed by atoms with E-state index < -0.39 is 5.97 Å². The van der Waals surface area contributed by atoms with Crippen LogP contribution >= 0.6 is 0 Å². The number of aromatic carboxylic acids is 1. The van der Waals surface area contributed by atoms with Crippen molar-refractivity contribution >= 4 is 28.9 Å². The molecule has 0 bridgehead atoms. The molecule has 0 fully saturated rings. The monoisotopic (exact) mass is 327 g/mol. The number of aromatic nitrogens is 3. The van der Waals surface area contributed by atoms with Gasteiger partial charge in [-0.15, -0.1) is 0 Å². The molecule has 0 amide bonds. The van der Waals surface area contributed by atoms with Gasteiger partial charge in [-0.25, -0.2) is 9.78 Å². The van der Waals surface area contributed by atoms with Gasteiger partial charge < -0.3 is 20.5 Å². The average molecular weight is 327 g/mol. The molecule has 0 spiro atoms. The highest BCUT2D eigenvalue weighted by Crippen LogP contribution is 2.28. The summed E-state index contributed by atoms with van der Waals surface area (Å²) in [5, 5.41) is 19.5. The number of para-hydroxylation sites is 2. The van der Waals surface area contributed by atoms with Crippen LogP contribution in [0.4, 0.5) is 17.3 Å². The van der Waals surface area contributed by atoms with Crippen LogP contribution in [0.1, 0.15) is 17.3 Å². The number of hydrogen-bond acceptors (Lipinski definition) is 6. The van der Waals surface area contributed by atoms with E-state index in [-0.39, 0.29) is 11.2 Å². The zero-order chi connectivity index (χ0) is 17.1. The molecule has 8 nitrogen and oxygen atoms in total. The third kappa shape index (κ3) is 2.81. The molecule has 0 atom stereocenters. The highest BCUT2D eigenvalue weighted by Gasteiger charge is 2.16. The van der Waals surface area contributed by atoms with Crippen LogP contribution in [0.2, 0.25) is 0 Å². The third-order valence-corrected chi connectivity index (χ3v) is 3.41. The molecule has 124 valence electrons. The molecule has 0 saturated heterocycles. The Balaban J connectivity index is 2.07. The standard InChI is InChI=1S/C16H17N5O3/c1-3-24-12-7-5-4-6-11(12)19-13-8-14(17-2)21-15(20-13)10(9-18-21)16(22)23/h4-9,17H,3H2,1-2H3,(H,19,20)(H,22,23). The second kappa shape index (κ2) is 6.45. The minimum absolute atomic E-state index is 0.0354. The molecule has 0 radical (unpaired) electrons. The second-order valence-electron chi connectivity index (χ2n) is 4.93. The lowest BCUT2D eigenvalue weighted by Gasteiger charge is -2.13. The average Bonchev–Trinajstić information content (AvgIpc) is 3.00. The molecule has 0 aliphatic rings. The molecule has 0 unspecified atom stereocenters. The summed E-state index contributed by atoms with van der Waals surface area (Å²) in [5.41, 5.74) is 1.04. The predicted molar refractivity (Wildman–Crippen MR) is 90.4 cm³/mol. The van der Waals surface area contributed by atoms with Gasteiger partial charge in [0.1, 0.15) is 22.9 Å². The Morgan fingerprint density at radius 1 is 1.38 bits per heavy atom. The van der Waals surface area contributed by atoms with Gasteiger partial charge in [0.15, 0.2) is 5.65 Å². The fourth-order valence-electron chi connectivity index (χ4n) is 2.35. The number of carbonyl (C=O) groups is 1. The van der Waals surface area contributed by atoms with Gasteiger partial charge >= 0.3 is 5.97 Å². The Bertz CT molecular complexity index is 891. The van der Waals surface area contributed by atoms with Crippen LogP contribution in [0.5, 0.6) is 5.75 Å². The van der Waals surface area contributed by atoms with E-state index in [1.165, 1.54) is 10.7 Å². The number of hydrogen-bond donors (Lipinski definition) is 3. The largest absolute Gasteiger partial charge is 0.492 e. The Labute approximate surface area is 138 Å². The van der Waals surface area contributed by atoms with Crippen LogP contribution in [0, 0.1) is 0 Å². The van der Waals surface area contributed by atoms with Crippen molar-refractivity contribution < 1.29 is 14.6 Å². The predicted octanol–water partition coefficient (Wildman–Crippen LogP) is 2.61. The number of carboxylic acids is 1. The number of rotatable bonds is 6. The maximum absolute atomic E-state index is 11.3. The maximum atomic E-state index is 11.3. The first-order valence-corrected chi connectivity index (χ1v) is 7.42. The zero-order valence-electron chi connectivity index (χ0n) is 13.3. The highest BCUT2D eigenvalue weighted by molar-refractivity contribution is 5.94.